The van der Waals surface area contributed by atoms with Crippen LogP contribution >= 0.6 is 11.8 Å². The highest BCUT2D eigenvalue weighted by Crippen LogP contribution is 2.57. The zero-order valence-corrected chi connectivity index (χ0v) is 9.67. The lowest BCUT2D eigenvalue weighted by atomic mass is 9.64. The van der Waals surface area contributed by atoms with Gasteiger partial charge in [-0.1, -0.05) is 12.8 Å². The molecule has 0 aromatic heterocycles. The third-order valence-electron chi connectivity index (χ3n) is 4.69. The Balaban J connectivity index is 1.58. The van der Waals surface area contributed by atoms with Crippen LogP contribution in [0.15, 0.2) is 0 Å². The van der Waals surface area contributed by atoms with Gasteiger partial charge in [0, 0.05) is 5.25 Å². The second-order valence-corrected chi connectivity index (χ2v) is 6.58. The van der Waals surface area contributed by atoms with Gasteiger partial charge in [0.05, 0.1) is 6.10 Å². The number of aliphatic hydroxyl groups excluding tert-OH is 1. The second kappa shape index (κ2) is 3.41. The molecule has 1 nitrogen and oxygen atoms in total. The molecule has 0 aliphatic heterocycles. The number of thioether (sulfide) groups is 1. The normalized spacial score (nSPS) is 51.4. The average Bonchev–Trinajstić information content (AvgIpc) is 2.92. The Morgan fingerprint density at radius 2 is 2.00 bits per heavy atom. The van der Waals surface area contributed by atoms with E-state index in [2.05, 4.69) is 6.26 Å². The van der Waals surface area contributed by atoms with E-state index in [1.807, 2.05) is 11.8 Å². The van der Waals surface area contributed by atoms with Gasteiger partial charge in [0.15, 0.2) is 0 Å². The summed E-state index contributed by atoms with van der Waals surface area (Å²) in [5.74, 6) is 3.63. The molecule has 5 atom stereocenters. The first-order valence-corrected chi connectivity index (χ1v) is 7.29. The Hall–Kier alpha value is 0.310. The first-order chi connectivity index (χ1) is 6.79. The maximum atomic E-state index is 10.0. The molecule has 80 valence electrons. The molecule has 14 heavy (non-hydrogen) atoms. The monoisotopic (exact) mass is 212 g/mol. The molecule has 0 bridgehead atoms. The van der Waals surface area contributed by atoms with E-state index in [0.29, 0.717) is 11.2 Å². The molecule has 3 fully saturated rings. The summed E-state index contributed by atoms with van der Waals surface area (Å²) in [5, 5.41) is 10.6. The molecule has 0 amide bonds. The van der Waals surface area contributed by atoms with Crippen molar-refractivity contribution in [3.63, 3.8) is 0 Å². The SMILES string of the molecule is CS[C@@H]1C[C@@H]2C(CC3CC3)C[C@@H]2[C@H]1O. The lowest BCUT2D eigenvalue weighted by Gasteiger charge is -2.42. The summed E-state index contributed by atoms with van der Waals surface area (Å²) in [6, 6.07) is 0. The van der Waals surface area contributed by atoms with Crippen molar-refractivity contribution >= 4 is 11.8 Å². The standard InChI is InChI=1S/C12H20OS/c1-14-11-6-9-8(4-7-2-3-7)5-10(9)12(11)13/h7-13H,2-6H2,1H3/t8?,9-,10+,11-,12-/m1/s1. The number of hydrogen-bond acceptors (Lipinski definition) is 2. The largest absolute Gasteiger partial charge is 0.392 e. The second-order valence-electron chi connectivity index (χ2n) is 5.50. The smallest absolute Gasteiger partial charge is 0.0689 e. The van der Waals surface area contributed by atoms with Crippen molar-refractivity contribution in [1.82, 2.24) is 0 Å². The van der Waals surface area contributed by atoms with E-state index in [1.54, 1.807) is 0 Å². The highest BCUT2D eigenvalue weighted by atomic mass is 32.2. The predicted octanol–water partition coefficient (Wildman–Crippen LogP) is 2.54. The van der Waals surface area contributed by atoms with Crippen LogP contribution in [0.1, 0.15) is 32.1 Å². The zero-order valence-electron chi connectivity index (χ0n) is 8.86. The maximum absolute atomic E-state index is 10.0. The molecule has 1 N–H and O–H groups in total. The fourth-order valence-corrected chi connectivity index (χ4v) is 4.48. The maximum Gasteiger partial charge on any atom is 0.0689 e. The van der Waals surface area contributed by atoms with Crippen LogP contribution in [-0.4, -0.2) is 22.7 Å². The van der Waals surface area contributed by atoms with Crippen LogP contribution in [-0.2, 0) is 0 Å². The molecule has 0 radical (unpaired) electrons. The van der Waals surface area contributed by atoms with E-state index in [4.69, 9.17) is 0 Å². The Morgan fingerprint density at radius 3 is 2.64 bits per heavy atom. The molecule has 0 spiro atoms. The van der Waals surface area contributed by atoms with E-state index in [0.717, 1.165) is 17.8 Å². The first-order valence-electron chi connectivity index (χ1n) is 6.00. The van der Waals surface area contributed by atoms with E-state index < -0.39 is 0 Å². The zero-order chi connectivity index (χ0) is 9.71. The molecule has 3 saturated carbocycles. The summed E-state index contributed by atoms with van der Waals surface area (Å²) in [6.45, 7) is 0. The van der Waals surface area contributed by atoms with Gasteiger partial charge in [-0.25, -0.2) is 0 Å². The molecule has 3 aliphatic carbocycles. The molecule has 0 saturated heterocycles. The van der Waals surface area contributed by atoms with Crippen molar-refractivity contribution in [1.29, 1.82) is 0 Å². The highest BCUT2D eigenvalue weighted by molar-refractivity contribution is 7.99. The van der Waals surface area contributed by atoms with E-state index in [9.17, 15) is 5.11 Å². The van der Waals surface area contributed by atoms with Crippen LogP contribution in [0.3, 0.4) is 0 Å². The molecule has 3 aliphatic rings. The summed E-state index contributed by atoms with van der Waals surface area (Å²) < 4.78 is 0. The van der Waals surface area contributed by atoms with Crippen molar-refractivity contribution in [2.75, 3.05) is 6.26 Å². The van der Waals surface area contributed by atoms with Gasteiger partial charge in [0.25, 0.3) is 0 Å². The van der Waals surface area contributed by atoms with E-state index >= 15 is 0 Å². The van der Waals surface area contributed by atoms with Crippen molar-refractivity contribution in [3.8, 4) is 0 Å². The first kappa shape index (κ1) is 9.53. The fraction of sp³-hybridized carbons (Fsp3) is 1.00. The van der Waals surface area contributed by atoms with Gasteiger partial charge in [0.1, 0.15) is 0 Å². The fourth-order valence-electron chi connectivity index (χ4n) is 3.58. The van der Waals surface area contributed by atoms with Crippen LogP contribution in [0.2, 0.25) is 0 Å². The average molecular weight is 212 g/mol. The van der Waals surface area contributed by atoms with Crippen LogP contribution in [0.5, 0.6) is 0 Å². The van der Waals surface area contributed by atoms with Crippen LogP contribution in [0.4, 0.5) is 0 Å². The molecular formula is C12H20OS. The molecule has 2 heteroatoms. The third kappa shape index (κ3) is 1.42. The van der Waals surface area contributed by atoms with Crippen LogP contribution in [0.25, 0.3) is 0 Å². The topological polar surface area (TPSA) is 20.2 Å². The third-order valence-corrected chi connectivity index (χ3v) is 5.77. The van der Waals surface area contributed by atoms with Gasteiger partial charge in [-0.05, 0) is 49.2 Å². The lowest BCUT2D eigenvalue weighted by molar-refractivity contribution is 0.0119. The van der Waals surface area contributed by atoms with E-state index in [1.165, 1.54) is 32.1 Å². The van der Waals surface area contributed by atoms with Crippen molar-refractivity contribution in [2.24, 2.45) is 23.7 Å². The van der Waals surface area contributed by atoms with Crippen LogP contribution in [0, 0.1) is 23.7 Å². The molecule has 0 aromatic carbocycles. The summed E-state index contributed by atoms with van der Waals surface area (Å²) in [7, 11) is 0. The van der Waals surface area contributed by atoms with Gasteiger partial charge in [-0.15, -0.1) is 0 Å². The Morgan fingerprint density at radius 1 is 1.21 bits per heavy atom. The summed E-state index contributed by atoms with van der Waals surface area (Å²) in [5.41, 5.74) is 0. The summed E-state index contributed by atoms with van der Waals surface area (Å²) >= 11 is 1.87. The molecule has 0 aromatic rings. The van der Waals surface area contributed by atoms with Crippen molar-refractivity contribution in [3.05, 3.63) is 0 Å². The Labute approximate surface area is 90.7 Å². The molecular weight excluding hydrogens is 192 g/mol. The van der Waals surface area contributed by atoms with Gasteiger partial charge >= 0.3 is 0 Å². The number of fused-ring (bicyclic) bond motifs is 1. The molecule has 0 heterocycles. The van der Waals surface area contributed by atoms with Gasteiger partial charge in [-0.3, -0.25) is 0 Å². The number of rotatable bonds is 3. The number of aliphatic hydroxyl groups is 1. The van der Waals surface area contributed by atoms with Crippen molar-refractivity contribution in [2.45, 2.75) is 43.5 Å². The summed E-state index contributed by atoms with van der Waals surface area (Å²) in [4.78, 5) is 0. The molecule has 1 unspecified atom stereocenters. The van der Waals surface area contributed by atoms with Gasteiger partial charge < -0.3 is 5.11 Å². The van der Waals surface area contributed by atoms with Gasteiger partial charge in [-0.2, -0.15) is 11.8 Å². The van der Waals surface area contributed by atoms with Crippen molar-refractivity contribution < 1.29 is 5.11 Å². The number of hydrogen-bond donors (Lipinski definition) is 1. The highest BCUT2D eigenvalue weighted by Gasteiger charge is 2.53. The molecule has 3 rings (SSSR count). The minimum Gasteiger partial charge on any atom is -0.392 e. The van der Waals surface area contributed by atoms with Gasteiger partial charge in [0.2, 0.25) is 0 Å². The quantitative estimate of drug-likeness (QED) is 0.776. The Kier molecular flexibility index (Phi) is 2.32. The lowest BCUT2D eigenvalue weighted by Crippen LogP contribution is -2.38. The minimum atomic E-state index is 0.0189. The predicted molar refractivity (Wildman–Crippen MR) is 60.4 cm³/mol. The minimum absolute atomic E-state index is 0.0189. The summed E-state index contributed by atoms with van der Waals surface area (Å²) in [6.07, 6.45) is 9.25. The van der Waals surface area contributed by atoms with Crippen LogP contribution < -0.4 is 0 Å². The Bertz CT molecular complexity index is 226. The van der Waals surface area contributed by atoms with E-state index in [-0.39, 0.29) is 6.10 Å².